The van der Waals surface area contributed by atoms with Crippen LogP contribution >= 0.6 is 11.6 Å². The summed E-state index contributed by atoms with van der Waals surface area (Å²) < 4.78 is 5.10. The summed E-state index contributed by atoms with van der Waals surface area (Å²) in [5, 5.41) is 13.6. The Bertz CT molecular complexity index is 516. The second-order valence-electron chi connectivity index (χ2n) is 5.67. The van der Waals surface area contributed by atoms with Gasteiger partial charge in [-0.15, -0.1) is 0 Å². The minimum absolute atomic E-state index is 0.274. The number of hydrogen-bond acceptors (Lipinski definition) is 3. The van der Waals surface area contributed by atoms with E-state index in [1.165, 1.54) is 19.3 Å². The summed E-state index contributed by atoms with van der Waals surface area (Å²) in [6.07, 6.45) is 5.41. The van der Waals surface area contributed by atoms with Gasteiger partial charge in [0.1, 0.15) is 5.75 Å². The molecule has 6 heteroatoms. The quantitative estimate of drug-likeness (QED) is 0.574. The van der Waals surface area contributed by atoms with Crippen molar-refractivity contribution in [3.63, 3.8) is 0 Å². The third kappa shape index (κ3) is 4.78. The summed E-state index contributed by atoms with van der Waals surface area (Å²) in [7, 11) is 1.57. The number of nitrogens with one attached hydrogen (secondary N) is 1. The van der Waals surface area contributed by atoms with E-state index in [0.29, 0.717) is 23.2 Å². The normalized spacial score (nSPS) is 18.0. The average molecular weight is 326 g/mol. The molecular formula is C16H24ClN3O2. The first kappa shape index (κ1) is 16.9. The number of aliphatic imine (C=N–C) groups is 1. The Kier molecular flexibility index (Phi) is 6.34. The number of hydrogen-bond donors (Lipinski definition) is 3. The highest BCUT2D eigenvalue weighted by molar-refractivity contribution is 6.32. The van der Waals surface area contributed by atoms with E-state index in [4.69, 9.17) is 22.1 Å². The van der Waals surface area contributed by atoms with Crippen molar-refractivity contribution in [3.05, 3.63) is 23.2 Å². The lowest BCUT2D eigenvalue weighted by Gasteiger charge is -2.25. The summed E-state index contributed by atoms with van der Waals surface area (Å²) in [6.45, 7) is 0.327. The second kappa shape index (κ2) is 8.25. The molecule has 0 saturated heterocycles. The van der Waals surface area contributed by atoms with Gasteiger partial charge in [-0.1, -0.05) is 30.9 Å². The molecule has 122 valence electrons. The highest BCUT2D eigenvalue weighted by Gasteiger charge is 2.21. The van der Waals surface area contributed by atoms with Crippen molar-refractivity contribution < 1.29 is 9.84 Å². The van der Waals surface area contributed by atoms with Gasteiger partial charge < -0.3 is 20.9 Å². The fraction of sp³-hybridized carbons (Fsp3) is 0.562. The van der Waals surface area contributed by atoms with Crippen LogP contribution in [0.25, 0.3) is 0 Å². The van der Waals surface area contributed by atoms with Crippen molar-refractivity contribution in [3.8, 4) is 5.75 Å². The van der Waals surface area contributed by atoms with Crippen molar-refractivity contribution in [2.45, 2.75) is 38.2 Å². The lowest BCUT2D eigenvalue weighted by Crippen LogP contribution is -2.29. The van der Waals surface area contributed by atoms with E-state index in [9.17, 15) is 5.11 Å². The zero-order chi connectivity index (χ0) is 15.9. The van der Waals surface area contributed by atoms with E-state index in [1.54, 1.807) is 19.2 Å². The first-order valence-electron chi connectivity index (χ1n) is 7.68. The Labute approximate surface area is 136 Å². The van der Waals surface area contributed by atoms with E-state index in [1.807, 2.05) is 6.07 Å². The number of aliphatic hydroxyl groups is 1. The number of aliphatic hydroxyl groups excluding tert-OH is 1. The molecule has 1 aliphatic carbocycles. The number of anilines is 1. The number of halogens is 1. The van der Waals surface area contributed by atoms with Crippen molar-refractivity contribution in [2.24, 2.45) is 16.6 Å². The van der Waals surface area contributed by atoms with Crippen molar-refractivity contribution in [1.82, 2.24) is 0 Å². The molecule has 1 unspecified atom stereocenters. The van der Waals surface area contributed by atoms with E-state index < -0.39 is 6.10 Å². The van der Waals surface area contributed by atoms with Gasteiger partial charge in [-0.05, 0) is 37.0 Å². The number of benzene rings is 1. The average Bonchev–Trinajstić information content (AvgIpc) is 2.53. The van der Waals surface area contributed by atoms with Crippen LogP contribution in [0.5, 0.6) is 5.75 Å². The van der Waals surface area contributed by atoms with Gasteiger partial charge in [0, 0.05) is 5.69 Å². The summed E-state index contributed by atoms with van der Waals surface area (Å²) in [5.41, 5.74) is 6.59. The molecule has 0 spiro atoms. The maximum absolute atomic E-state index is 10.2. The number of guanidine groups is 1. The summed E-state index contributed by atoms with van der Waals surface area (Å²) in [6, 6.07) is 5.29. The van der Waals surface area contributed by atoms with E-state index in [0.717, 1.165) is 18.5 Å². The predicted octanol–water partition coefficient (Wildman–Crippen LogP) is 3.02. The Hall–Kier alpha value is -1.46. The van der Waals surface area contributed by atoms with E-state index >= 15 is 0 Å². The molecule has 0 heterocycles. The van der Waals surface area contributed by atoms with Crippen LogP contribution in [0.2, 0.25) is 5.02 Å². The number of nitrogens with zero attached hydrogens (tertiary/aromatic N) is 1. The lowest BCUT2D eigenvalue weighted by atomic mass is 9.85. The molecule has 0 bridgehead atoms. The standard InChI is InChI=1S/C16H24ClN3O2/c1-22-15-8-7-12(9-13(15)17)20-16(18)19-10-14(21)11-5-3-2-4-6-11/h7-9,11,14,21H,2-6,10H2,1H3,(H3,18,19,20). The summed E-state index contributed by atoms with van der Waals surface area (Å²) in [4.78, 5) is 4.23. The van der Waals surface area contributed by atoms with Crippen LogP contribution in [-0.4, -0.2) is 30.8 Å². The first-order valence-corrected chi connectivity index (χ1v) is 8.06. The van der Waals surface area contributed by atoms with Gasteiger partial charge >= 0.3 is 0 Å². The van der Waals surface area contributed by atoms with Crippen LogP contribution in [0.3, 0.4) is 0 Å². The maximum Gasteiger partial charge on any atom is 0.193 e. The topological polar surface area (TPSA) is 79.9 Å². The highest BCUT2D eigenvalue weighted by Crippen LogP contribution is 2.27. The van der Waals surface area contributed by atoms with Crippen molar-refractivity contribution in [1.29, 1.82) is 0 Å². The molecule has 5 nitrogen and oxygen atoms in total. The second-order valence-corrected chi connectivity index (χ2v) is 6.07. The summed E-state index contributed by atoms with van der Waals surface area (Å²) in [5.74, 6) is 1.23. The van der Waals surface area contributed by atoms with Crippen molar-refractivity contribution >= 4 is 23.2 Å². The molecular weight excluding hydrogens is 302 g/mol. The minimum Gasteiger partial charge on any atom is -0.495 e. The van der Waals surface area contributed by atoms with Gasteiger partial charge in [0.2, 0.25) is 0 Å². The van der Waals surface area contributed by atoms with E-state index in [2.05, 4.69) is 10.3 Å². The lowest BCUT2D eigenvalue weighted by molar-refractivity contribution is 0.0924. The first-order chi connectivity index (χ1) is 10.6. The number of methoxy groups -OCH3 is 1. The van der Waals surface area contributed by atoms with Gasteiger partial charge in [0.05, 0.1) is 24.8 Å². The molecule has 4 N–H and O–H groups in total. The third-order valence-electron chi connectivity index (χ3n) is 4.07. The van der Waals surface area contributed by atoms with E-state index in [-0.39, 0.29) is 5.96 Å². The van der Waals surface area contributed by atoms with Gasteiger partial charge in [0.25, 0.3) is 0 Å². The van der Waals surface area contributed by atoms with Crippen LogP contribution in [-0.2, 0) is 0 Å². The number of rotatable bonds is 5. The zero-order valence-electron chi connectivity index (χ0n) is 12.9. The maximum atomic E-state index is 10.2. The van der Waals surface area contributed by atoms with Crippen LogP contribution in [0.15, 0.2) is 23.2 Å². The van der Waals surface area contributed by atoms with Crippen LogP contribution in [0, 0.1) is 5.92 Å². The monoisotopic (exact) mass is 325 g/mol. The highest BCUT2D eigenvalue weighted by atomic mass is 35.5. The SMILES string of the molecule is COc1ccc(NC(N)=NCC(O)C2CCCCC2)cc1Cl. The molecule has 1 fully saturated rings. The zero-order valence-corrected chi connectivity index (χ0v) is 13.6. The molecule has 1 atom stereocenters. The Morgan fingerprint density at radius 3 is 2.82 bits per heavy atom. The number of nitrogens with two attached hydrogens (primary N) is 1. The van der Waals surface area contributed by atoms with Gasteiger partial charge in [-0.25, -0.2) is 0 Å². The van der Waals surface area contributed by atoms with Crippen LogP contribution in [0.1, 0.15) is 32.1 Å². The fourth-order valence-corrected chi connectivity index (χ4v) is 3.05. The molecule has 0 amide bonds. The summed E-state index contributed by atoms with van der Waals surface area (Å²) >= 11 is 6.06. The molecule has 0 aliphatic heterocycles. The molecule has 1 aromatic rings. The molecule has 1 saturated carbocycles. The minimum atomic E-state index is -0.417. The van der Waals surface area contributed by atoms with Crippen LogP contribution in [0.4, 0.5) is 5.69 Å². The van der Waals surface area contributed by atoms with Gasteiger partial charge in [-0.2, -0.15) is 0 Å². The largest absolute Gasteiger partial charge is 0.495 e. The smallest absolute Gasteiger partial charge is 0.193 e. The van der Waals surface area contributed by atoms with Gasteiger partial charge in [0.15, 0.2) is 5.96 Å². The molecule has 0 radical (unpaired) electrons. The van der Waals surface area contributed by atoms with Crippen molar-refractivity contribution in [2.75, 3.05) is 19.0 Å². The van der Waals surface area contributed by atoms with Crippen LogP contribution < -0.4 is 15.8 Å². The Morgan fingerprint density at radius 2 is 2.18 bits per heavy atom. The molecule has 2 rings (SSSR count). The Balaban J connectivity index is 1.87. The van der Waals surface area contributed by atoms with Gasteiger partial charge in [-0.3, -0.25) is 4.99 Å². The molecule has 1 aliphatic rings. The predicted molar refractivity (Wildman–Crippen MR) is 90.7 cm³/mol. The third-order valence-corrected chi connectivity index (χ3v) is 4.36. The molecule has 0 aromatic heterocycles. The fourth-order valence-electron chi connectivity index (χ4n) is 2.79. The number of ether oxygens (including phenoxy) is 1. The molecule has 1 aromatic carbocycles. The molecule has 22 heavy (non-hydrogen) atoms. The Morgan fingerprint density at radius 1 is 1.45 bits per heavy atom.